The van der Waals surface area contributed by atoms with Crippen molar-refractivity contribution in [2.24, 2.45) is 0 Å². The Kier molecular flexibility index (Phi) is 2.61. The monoisotopic (exact) mass is 293 g/mol. The number of hydrogen-bond acceptors (Lipinski definition) is 5. The number of nitrogens with two attached hydrogens (primary N) is 1. The molecule has 0 atom stereocenters. The van der Waals surface area contributed by atoms with Crippen molar-refractivity contribution in [1.82, 2.24) is 9.97 Å². The number of imidazole rings is 1. The van der Waals surface area contributed by atoms with Gasteiger partial charge in [0.1, 0.15) is 11.3 Å². The van der Waals surface area contributed by atoms with Crippen LogP contribution in [0.15, 0.2) is 34.5 Å². The van der Waals surface area contributed by atoms with Crippen LogP contribution in [0.1, 0.15) is 0 Å². The van der Waals surface area contributed by atoms with E-state index in [1.807, 2.05) is 11.4 Å². The number of rotatable bonds is 2. The van der Waals surface area contributed by atoms with Crippen molar-refractivity contribution in [1.29, 1.82) is 0 Å². The first-order valence-electron chi connectivity index (χ1n) is 5.49. The Bertz CT molecular complexity index is 862. The topological polar surface area (TPSA) is 88.8 Å². The van der Waals surface area contributed by atoms with E-state index in [1.54, 1.807) is 18.2 Å². The number of para-hydroxylation sites is 1. The number of benzene rings is 1. The van der Waals surface area contributed by atoms with Crippen molar-refractivity contribution in [3.05, 3.63) is 29.6 Å². The van der Waals surface area contributed by atoms with E-state index in [0.717, 1.165) is 5.56 Å². The number of aromatic amines is 1. The van der Waals surface area contributed by atoms with Crippen molar-refractivity contribution in [2.75, 3.05) is 12.0 Å². The van der Waals surface area contributed by atoms with Crippen molar-refractivity contribution >= 4 is 37.2 Å². The smallest absolute Gasteiger partial charge is 0.177 e. The summed E-state index contributed by atoms with van der Waals surface area (Å²) in [6.45, 7) is 0. The number of aromatic nitrogens is 2. The van der Waals surface area contributed by atoms with E-state index >= 15 is 0 Å². The number of sulfone groups is 1. The van der Waals surface area contributed by atoms with Gasteiger partial charge in [-0.15, -0.1) is 11.3 Å². The molecule has 19 heavy (non-hydrogen) atoms. The highest BCUT2D eigenvalue weighted by atomic mass is 32.2. The van der Waals surface area contributed by atoms with E-state index in [9.17, 15) is 8.42 Å². The molecule has 98 valence electrons. The first-order chi connectivity index (χ1) is 8.97. The van der Waals surface area contributed by atoms with E-state index in [0.29, 0.717) is 21.9 Å². The SMILES string of the molecule is CS(=O)(=O)c1cccc2[nH]c(-c3ccsc3N)nc12. The molecule has 0 saturated carbocycles. The van der Waals surface area contributed by atoms with Crippen LogP contribution < -0.4 is 5.73 Å². The van der Waals surface area contributed by atoms with Crippen LogP contribution in [0.5, 0.6) is 0 Å². The molecule has 0 spiro atoms. The molecule has 2 heterocycles. The van der Waals surface area contributed by atoms with E-state index in [-0.39, 0.29) is 4.90 Å². The second-order valence-electron chi connectivity index (χ2n) is 4.21. The molecule has 0 aliphatic heterocycles. The van der Waals surface area contributed by atoms with E-state index in [4.69, 9.17) is 5.73 Å². The van der Waals surface area contributed by atoms with Crippen molar-refractivity contribution < 1.29 is 8.42 Å². The highest BCUT2D eigenvalue weighted by Crippen LogP contribution is 2.31. The van der Waals surface area contributed by atoms with Crippen LogP contribution >= 0.6 is 11.3 Å². The predicted octanol–water partition coefficient (Wildman–Crippen LogP) is 2.28. The van der Waals surface area contributed by atoms with Gasteiger partial charge in [0.05, 0.1) is 21.0 Å². The molecule has 0 fully saturated rings. The summed E-state index contributed by atoms with van der Waals surface area (Å²) in [5.74, 6) is 0.588. The van der Waals surface area contributed by atoms with Gasteiger partial charge in [-0.05, 0) is 23.6 Å². The fourth-order valence-corrected chi connectivity index (χ4v) is 3.42. The van der Waals surface area contributed by atoms with Gasteiger partial charge in [0, 0.05) is 6.26 Å². The standard InChI is InChI=1S/C12H11N3O2S2/c1-19(16,17)9-4-2-3-8-10(9)15-12(14-8)7-5-6-18-11(7)13/h2-6H,13H2,1H3,(H,14,15). The van der Waals surface area contributed by atoms with Gasteiger partial charge >= 0.3 is 0 Å². The van der Waals surface area contributed by atoms with Gasteiger partial charge in [0.2, 0.25) is 0 Å². The molecule has 3 N–H and O–H groups in total. The molecule has 0 aliphatic carbocycles. The Hall–Kier alpha value is -1.86. The quantitative estimate of drug-likeness (QED) is 0.758. The van der Waals surface area contributed by atoms with Gasteiger partial charge in [-0.25, -0.2) is 13.4 Å². The molecular formula is C12H11N3O2S2. The minimum absolute atomic E-state index is 0.223. The van der Waals surface area contributed by atoms with Crippen LogP contribution in [0, 0.1) is 0 Å². The maximum atomic E-state index is 11.7. The molecule has 5 nitrogen and oxygen atoms in total. The minimum Gasteiger partial charge on any atom is -0.390 e. The number of nitrogen functional groups attached to an aromatic ring is 1. The average Bonchev–Trinajstić information content (AvgIpc) is 2.91. The molecule has 0 unspecified atom stereocenters. The molecule has 2 aromatic heterocycles. The molecule has 0 bridgehead atoms. The third kappa shape index (κ3) is 2.00. The summed E-state index contributed by atoms with van der Waals surface area (Å²) in [7, 11) is -3.31. The summed E-state index contributed by atoms with van der Waals surface area (Å²) in [6, 6.07) is 6.90. The molecule has 7 heteroatoms. The Morgan fingerprint density at radius 1 is 1.32 bits per heavy atom. The molecule has 0 saturated heterocycles. The maximum absolute atomic E-state index is 11.7. The number of nitrogens with zero attached hydrogens (tertiary/aromatic N) is 1. The van der Waals surface area contributed by atoms with Crippen molar-refractivity contribution in [3.8, 4) is 11.4 Å². The lowest BCUT2D eigenvalue weighted by molar-refractivity contribution is 0.602. The molecule has 3 aromatic rings. The fraction of sp³-hybridized carbons (Fsp3) is 0.0833. The molecule has 0 amide bonds. The van der Waals surface area contributed by atoms with Crippen LogP contribution in [-0.4, -0.2) is 24.6 Å². The van der Waals surface area contributed by atoms with E-state index in [2.05, 4.69) is 9.97 Å². The molecular weight excluding hydrogens is 282 g/mol. The lowest BCUT2D eigenvalue weighted by Crippen LogP contribution is -1.97. The Morgan fingerprint density at radius 3 is 2.74 bits per heavy atom. The van der Waals surface area contributed by atoms with Gasteiger partial charge in [-0.3, -0.25) is 0 Å². The summed E-state index contributed by atoms with van der Waals surface area (Å²) < 4.78 is 23.5. The molecule has 3 rings (SSSR count). The Morgan fingerprint density at radius 2 is 2.11 bits per heavy atom. The van der Waals surface area contributed by atoms with Gasteiger partial charge in [-0.1, -0.05) is 6.07 Å². The largest absolute Gasteiger partial charge is 0.390 e. The summed E-state index contributed by atoms with van der Waals surface area (Å²) in [5, 5.41) is 2.52. The second kappa shape index (κ2) is 4.07. The summed E-state index contributed by atoms with van der Waals surface area (Å²) in [4.78, 5) is 7.70. The number of hydrogen-bond donors (Lipinski definition) is 2. The number of nitrogens with one attached hydrogen (secondary N) is 1. The van der Waals surface area contributed by atoms with Crippen LogP contribution in [0.4, 0.5) is 5.00 Å². The van der Waals surface area contributed by atoms with Gasteiger partial charge < -0.3 is 10.7 Å². The Labute approximate surface area is 114 Å². The number of thiophene rings is 1. The maximum Gasteiger partial charge on any atom is 0.177 e. The van der Waals surface area contributed by atoms with Crippen molar-refractivity contribution in [2.45, 2.75) is 4.90 Å². The number of fused-ring (bicyclic) bond motifs is 1. The third-order valence-electron chi connectivity index (χ3n) is 2.83. The lowest BCUT2D eigenvalue weighted by atomic mass is 10.3. The highest BCUT2D eigenvalue weighted by Gasteiger charge is 2.16. The Balaban J connectivity index is 2.31. The summed E-state index contributed by atoms with van der Waals surface area (Å²) in [6.07, 6.45) is 1.18. The summed E-state index contributed by atoms with van der Waals surface area (Å²) in [5.41, 5.74) is 7.78. The van der Waals surface area contributed by atoms with Gasteiger partial charge in [-0.2, -0.15) is 0 Å². The van der Waals surface area contributed by atoms with Crippen LogP contribution in [0.3, 0.4) is 0 Å². The van der Waals surface area contributed by atoms with Crippen molar-refractivity contribution in [3.63, 3.8) is 0 Å². The zero-order valence-electron chi connectivity index (χ0n) is 10.0. The molecule has 1 aromatic carbocycles. The van der Waals surface area contributed by atoms with Gasteiger partial charge in [0.15, 0.2) is 9.84 Å². The third-order valence-corrected chi connectivity index (χ3v) is 4.70. The summed E-state index contributed by atoms with van der Waals surface area (Å²) >= 11 is 1.42. The van der Waals surface area contributed by atoms with Crippen LogP contribution in [-0.2, 0) is 9.84 Å². The number of H-pyrrole nitrogens is 1. The number of anilines is 1. The van der Waals surface area contributed by atoms with E-state index in [1.165, 1.54) is 17.6 Å². The zero-order chi connectivity index (χ0) is 13.6. The normalized spacial score (nSPS) is 12.1. The van der Waals surface area contributed by atoms with E-state index < -0.39 is 9.84 Å². The average molecular weight is 293 g/mol. The minimum atomic E-state index is -3.31. The van der Waals surface area contributed by atoms with Crippen LogP contribution in [0.2, 0.25) is 0 Å². The highest BCUT2D eigenvalue weighted by molar-refractivity contribution is 7.91. The van der Waals surface area contributed by atoms with Gasteiger partial charge in [0.25, 0.3) is 0 Å². The van der Waals surface area contributed by atoms with Crippen LogP contribution in [0.25, 0.3) is 22.4 Å². The first-order valence-corrected chi connectivity index (χ1v) is 8.26. The lowest BCUT2D eigenvalue weighted by Gasteiger charge is -1.97. The second-order valence-corrected chi connectivity index (χ2v) is 7.14. The molecule has 0 radical (unpaired) electrons. The molecule has 0 aliphatic rings. The fourth-order valence-electron chi connectivity index (χ4n) is 1.95. The first kappa shape index (κ1) is 12.2. The zero-order valence-corrected chi connectivity index (χ0v) is 11.7. The predicted molar refractivity (Wildman–Crippen MR) is 76.9 cm³/mol.